The normalized spacial score (nSPS) is 17.1. The minimum atomic E-state index is -0.740. The third kappa shape index (κ3) is 4.64. The van der Waals surface area contributed by atoms with Crippen LogP contribution >= 0.6 is 0 Å². The maximum Gasteiger partial charge on any atom is 0.408 e. The van der Waals surface area contributed by atoms with E-state index >= 15 is 0 Å². The summed E-state index contributed by atoms with van der Waals surface area (Å²) in [7, 11) is 0. The lowest BCUT2D eigenvalue weighted by molar-refractivity contribution is -0.126. The molecular weight excluding hydrogens is 234 g/mol. The number of ether oxygens (including phenoxy) is 2. The van der Waals surface area contributed by atoms with Gasteiger partial charge in [0.25, 0.3) is 0 Å². The van der Waals surface area contributed by atoms with Crippen molar-refractivity contribution in [2.75, 3.05) is 13.2 Å². The Labute approximate surface area is 108 Å². The van der Waals surface area contributed by atoms with Crippen LogP contribution in [-0.2, 0) is 14.3 Å². The molecule has 1 aliphatic carbocycles. The van der Waals surface area contributed by atoms with E-state index in [2.05, 4.69) is 5.32 Å². The molecule has 0 radical (unpaired) electrons. The van der Waals surface area contributed by atoms with Gasteiger partial charge in [-0.3, -0.25) is 4.79 Å². The van der Waals surface area contributed by atoms with Gasteiger partial charge in [0.1, 0.15) is 17.7 Å². The van der Waals surface area contributed by atoms with Crippen molar-refractivity contribution in [2.24, 2.45) is 0 Å². The van der Waals surface area contributed by atoms with Crippen LogP contribution in [0.5, 0.6) is 0 Å². The summed E-state index contributed by atoms with van der Waals surface area (Å²) < 4.78 is 10.4. The van der Waals surface area contributed by atoms with E-state index in [-0.39, 0.29) is 12.4 Å². The zero-order valence-electron chi connectivity index (χ0n) is 11.7. The lowest BCUT2D eigenvalue weighted by atomic mass is 10.1. The average molecular weight is 257 g/mol. The smallest absolute Gasteiger partial charge is 0.408 e. The molecule has 5 heteroatoms. The van der Waals surface area contributed by atoms with Gasteiger partial charge in [-0.2, -0.15) is 0 Å². The van der Waals surface area contributed by atoms with Crippen LogP contribution in [0.4, 0.5) is 4.79 Å². The zero-order chi connectivity index (χ0) is 13.8. The van der Waals surface area contributed by atoms with Crippen molar-refractivity contribution in [3.63, 3.8) is 0 Å². The lowest BCUT2D eigenvalue weighted by Crippen LogP contribution is -2.46. The van der Waals surface area contributed by atoms with Gasteiger partial charge in [-0.25, -0.2) is 4.79 Å². The van der Waals surface area contributed by atoms with Crippen molar-refractivity contribution >= 4 is 11.9 Å². The summed E-state index contributed by atoms with van der Waals surface area (Å²) in [4.78, 5) is 23.5. The Balaban J connectivity index is 2.40. The zero-order valence-corrected chi connectivity index (χ0v) is 11.7. The Bertz CT molecular complexity index is 315. The fourth-order valence-corrected chi connectivity index (χ4v) is 1.54. The van der Waals surface area contributed by atoms with E-state index in [4.69, 9.17) is 9.47 Å². The van der Waals surface area contributed by atoms with Crippen molar-refractivity contribution < 1.29 is 19.1 Å². The van der Waals surface area contributed by atoms with Gasteiger partial charge in [-0.15, -0.1) is 0 Å². The molecule has 0 aromatic carbocycles. The Morgan fingerprint density at radius 2 is 1.89 bits per heavy atom. The van der Waals surface area contributed by atoms with E-state index in [0.29, 0.717) is 19.4 Å². The van der Waals surface area contributed by atoms with Crippen LogP contribution in [0.15, 0.2) is 0 Å². The molecule has 0 atom stereocenters. The highest BCUT2D eigenvalue weighted by atomic mass is 16.6. The van der Waals surface area contributed by atoms with E-state index < -0.39 is 17.2 Å². The largest absolute Gasteiger partial charge is 0.444 e. The number of rotatable bonds is 6. The standard InChI is InChI=1S/C13H23NO4/c1-5-8-17-9-10(15)13(6-7-13)14-11(16)18-12(2,3)4/h5-9H2,1-4H3,(H,14,16). The van der Waals surface area contributed by atoms with Gasteiger partial charge >= 0.3 is 6.09 Å². The van der Waals surface area contributed by atoms with Gasteiger partial charge in [0.05, 0.1) is 0 Å². The quantitative estimate of drug-likeness (QED) is 0.739. The molecule has 1 aliphatic rings. The van der Waals surface area contributed by atoms with Gasteiger partial charge in [0.15, 0.2) is 5.78 Å². The Morgan fingerprint density at radius 3 is 2.33 bits per heavy atom. The molecule has 0 aromatic heterocycles. The van der Waals surface area contributed by atoms with Crippen LogP contribution in [0.2, 0.25) is 0 Å². The molecule has 0 saturated heterocycles. The molecule has 1 saturated carbocycles. The number of alkyl carbamates (subject to hydrolysis) is 1. The highest BCUT2D eigenvalue weighted by molar-refractivity contribution is 5.95. The van der Waals surface area contributed by atoms with Crippen molar-refractivity contribution in [3.05, 3.63) is 0 Å². The molecule has 18 heavy (non-hydrogen) atoms. The molecule has 0 aromatic rings. The first-order chi connectivity index (χ1) is 8.29. The topological polar surface area (TPSA) is 64.6 Å². The highest BCUT2D eigenvalue weighted by Crippen LogP contribution is 2.36. The molecule has 104 valence electrons. The molecule has 1 fully saturated rings. The number of amides is 1. The molecular formula is C13H23NO4. The lowest BCUT2D eigenvalue weighted by Gasteiger charge is -2.22. The van der Waals surface area contributed by atoms with E-state index in [9.17, 15) is 9.59 Å². The number of nitrogens with one attached hydrogen (secondary N) is 1. The molecule has 0 spiro atoms. The van der Waals surface area contributed by atoms with Crippen LogP contribution in [0.3, 0.4) is 0 Å². The molecule has 1 amide bonds. The molecule has 0 bridgehead atoms. The van der Waals surface area contributed by atoms with Crippen LogP contribution in [0.25, 0.3) is 0 Å². The highest BCUT2D eigenvalue weighted by Gasteiger charge is 2.51. The second-order valence-electron chi connectivity index (χ2n) is 5.68. The fraction of sp³-hybridized carbons (Fsp3) is 0.846. The van der Waals surface area contributed by atoms with E-state index in [1.807, 2.05) is 6.92 Å². The van der Waals surface area contributed by atoms with Crippen LogP contribution < -0.4 is 5.32 Å². The van der Waals surface area contributed by atoms with E-state index in [0.717, 1.165) is 6.42 Å². The van der Waals surface area contributed by atoms with E-state index in [1.54, 1.807) is 20.8 Å². The van der Waals surface area contributed by atoms with Crippen LogP contribution in [-0.4, -0.2) is 36.2 Å². The SMILES string of the molecule is CCCOCC(=O)C1(NC(=O)OC(C)(C)C)CC1. The van der Waals surface area contributed by atoms with Gasteiger partial charge < -0.3 is 14.8 Å². The summed E-state index contributed by atoms with van der Waals surface area (Å²) in [5.41, 5.74) is -1.29. The second kappa shape index (κ2) is 5.69. The molecule has 0 heterocycles. The molecule has 1 rings (SSSR count). The predicted molar refractivity (Wildman–Crippen MR) is 67.5 cm³/mol. The maximum absolute atomic E-state index is 11.9. The minimum Gasteiger partial charge on any atom is -0.444 e. The van der Waals surface area contributed by atoms with Crippen molar-refractivity contribution in [1.82, 2.24) is 5.32 Å². The first kappa shape index (κ1) is 15.0. The summed E-state index contributed by atoms with van der Waals surface area (Å²) in [5.74, 6) is -0.0678. The third-order valence-electron chi connectivity index (χ3n) is 2.61. The summed E-state index contributed by atoms with van der Waals surface area (Å²) >= 11 is 0. The van der Waals surface area contributed by atoms with Crippen LogP contribution in [0.1, 0.15) is 47.0 Å². The number of carbonyl (C=O) groups is 2. The minimum absolute atomic E-state index is 0.0592. The summed E-state index contributed by atoms with van der Waals surface area (Å²) in [5, 5.41) is 2.66. The first-order valence-electron chi connectivity index (χ1n) is 6.41. The Kier molecular flexibility index (Phi) is 4.73. The van der Waals surface area contributed by atoms with Gasteiger partial charge in [-0.1, -0.05) is 6.92 Å². The fourth-order valence-electron chi connectivity index (χ4n) is 1.54. The van der Waals surface area contributed by atoms with Crippen molar-refractivity contribution in [3.8, 4) is 0 Å². The van der Waals surface area contributed by atoms with Crippen LogP contribution in [0, 0.1) is 0 Å². The summed E-state index contributed by atoms with van der Waals surface area (Å²) in [6.07, 6.45) is 1.67. The number of ketones is 1. The summed E-state index contributed by atoms with van der Waals surface area (Å²) in [6, 6.07) is 0. The maximum atomic E-state index is 11.9. The number of Topliss-reactive ketones (excluding diaryl/α,β-unsaturated/α-hetero) is 1. The van der Waals surface area contributed by atoms with Crippen molar-refractivity contribution in [2.45, 2.75) is 58.1 Å². The number of hydrogen-bond acceptors (Lipinski definition) is 4. The van der Waals surface area contributed by atoms with E-state index in [1.165, 1.54) is 0 Å². The second-order valence-corrected chi connectivity index (χ2v) is 5.68. The Morgan fingerprint density at radius 1 is 1.28 bits per heavy atom. The monoisotopic (exact) mass is 257 g/mol. The third-order valence-corrected chi connectivity index (χ3v) is 2.61. The summed E-state index contributed by atoms with van der Waals surface area (Å²) in [6.45, 7) is 7.98. The molecule has 0 aliphatic heterocycles. The molecule has 0 unspecified atom stereocenters. The molecule has 5 nitrogen and oxygen atoms in total. The van der Waals surface area contributed by atoms with Crippen molar-refractivity contribution in [1.29, 1.82) is 0 Å². The average Bonchev–Trinajstić information content (AvgIpc) is 2.96. The predicted octanol–water partition coefficient (Wildman–Crippen LogP) is 2.04. The first-order valence-corrected chi connectivity index (χ1v) is 6.41. The molecule has 1 N–H and O–H groups in total. The van der Waals surface area contributed by atoms with Gasteiger partial charge in [-0.05, 0) is 40.0 Å². The van der Waals surface area contributed by atoms with Gasteiger partial charge in [0, 0.05) is 6.61 Å². The number of hydrogen-bond donors (Lipinski definition) is 1. The van der Waals surface area contributed by atoms with Gasteiger partial charge in [0.2, 0.25) is 0 Å². The Hall–Kier alpha value is -1.10. The number of carbonyl (C=O) groups excluding carboxylic acids is 2.